The first-order valence-electron chi connectivity index (χ1n) is 6.33. The lowest BCUT2D eigenvalue weighted by Gasteiger charge is -2.20. The van der Waals surface area contributed by atoms with Crippen molar-refractivity contribution in [1.29, 1.82) is 0 Å². The fourth-order valence-corrected chi connectivity index (χ4v) is 2.54. The molecule has 1 aromatic rings. The average molecular weight is 239 g/mol. The molecule has 0 aliphatic rings. The van der Waals surface area contributed by atoms with E-state index >= 15 is 0 Å². The van der Waals surface area contributed by atoms with Gasteiger partial charge < -0.3 is 0 Å². The van der Waals surface area contributed by atoms with Gasteiger partial charge in [0.2, 0.25) is 0 Å². The molecule has 0 N–H and O–H groups in total. The molecule has 1 atom stereocenters. The molecule has 0 heterocycles. The van der Waals surface area contributed by atoms with Crippen LogP contribution in [0.25, 0.3) is 0 Å². The van der Waals surface area contributed by atoms with Crippen LogP contribution in [0.15, 0.2) is 24.3 Å². The monoisotopic (exact) mass is 238 g/mol. The van der Waals surface area contributed by atoms with E-state index in [2.05, 4.69) is 45.0 Å². The number of rotatable bonds is 6. The van der Waals surface area contributed by atoms with Crippen LogP contribution in [0.5, 0.6) is 0 Å². The molecule has 90 valence electrons. The largest absolute Gasteiger partial charge is 0.126 e. The second kappa shape index (κ2) is 6.96. The van der Waals surface area contributed by atoms with E-state index in [0.717, 1.165) is 11.8 Å². The third-order valence-electron chi connectivity index (χ3n) is 3.47. The van der Waals surface area contributed by atoms with Crippen molar-refractivity contribution in [3.63, 3.8) is 0 Å². The van der Waals surface area contributed by atoms with Gasteiger partial charge in [-0.1, -0.05) is 56.5 Å². The Morgan fingerprint density at radius 1 is 1.19 bits per heavy atom. The molecule has 0 nitrogen and oxygen atoms in total. The Kier molecular flexibility index (Phi) is 5.90. The van der Waals surface area contributed by atoms with Gasteiger partial charge in [0, 0.05) is 5.88 Å². The molecule has 0 saturated carbocycles. The lowest BCUT2D eigenvalue weighted by Crippen LogP contribution is -2.08. The third kappa shape index (κ3) is 3.83. The molecule has 16 heavy (non-hydrogen) atoms. The summed E-state index contributed by atoms with van der Waals surface area (Å²) in [5, 5.41) is 0. The summed E-state index contributed by atoms with van der Waals surface area (Å²) in [6.07, 6.45) is 3.74. The Hall–Kier alpha value is -0.490. The highest BCUT2D eigenvalue weighted by Crippen LogP contribution is 2.28. The second-order valence-electron chi connectivity index (χ2n) is 4.68. The van der Waals surface area contributed by atoms with Crippen LogP contribution in [-0.4, -0.2) is 5.88 Å². The molecule has 0 radical (unpaired) electrons. The molecule has 0 bridgehead atoms. The molecule has 0 aliphatic heterocycles. The van der Waals surface area contributed by atoms with Crippen molar-refractivity contribution in [3.8, 4) is 0 Å². The van der Waals surface area contributed by atoms with Crippen LogP contribution in [0.2, 0.25) is 0 Å². The normalized spacial score (nSPS) is 13.1. The van der Waals surface area contributed by atoms with Gasteiger partial charge in [0.05, 0.1) is 0 Å². The van der Waals surface area contributed by atoms with Crippen molar-refractivity contribution in [1.82, 2.24) is 0 Å². The van der Waals surface area contributed by atoms with Crippen molar-refractivity contribution < 1.29 is 0 Å². The fraction of sp³-hybridized carbons (Fsp3) is 0.600. The van der Waals surface area contributed by atoms with Crippen molar-refractivity contribution in [2.45, 2.75) is 46.0 Å². The van der Waals surface area contributed by atoms with Crippen LogP contribution in [-0.2, 0) is 0 Å². The average Bonchev–Trinajstić information content (AvgIpc) is 2.31. The number of alkyl halides is 1. The van der Waals surface area contributed by atoms with Gasteiger partial charge in [0.25, 0.3) is 0 Å². The Morgan fingerprint density at radius 3 is 2.38 bits per heavy atom. The predicted molar refractivity (Wildman–Crippen MR) is 73.3 cm³/mol. The zero-order valence-corrected chi connectivity index (χ0v) is 11.4. The Balaban J connectivity index is 2.74. The van der Waals surface area contributed by atoms with E-state index in [1.165, 1.54) is 30.4 Å². The highest BCUT2D eigenvalue weighted by Gasteiger charge is 2.15. The van der Waals surface area contributed by atoms with Gasteiger partial charge >= 0.3 is 0 Å². The lowest BCUT2D eigenvalue weighted by atomic mass is 9.87. The summed E-state index contributed by atoms with van der Waals surface area (Å²) in [7, 11) is 0. The number of hydrogen-bond donors (Lipinski definition) is 0. The first-order chi connectivity index (χ1) is 7.71. The van der Waals surface area contributed by atoms with Gasteiger partial charge in [-0.2, -0.15) is 0 Å². The van der Waals surface area contributed by atoms with E-state index < -0.39 is 0 Å². The maximum absolute atomic E-state index is 6.11. The van der Waals surface area contributed by atoms with Gasteiger partial charge in [-0.25, -0.2) is 0 Å². The van der Waals surface area contributed by atoms with Gasteiger partial charge in [-0.15, -0.1) is 11.6 Å². The SMILES string of the molecule is CCC(CC)CC(CCl)c1cccc(C)c1. The predicted octanol–water partition coefficient (Wildman–Crippen LogP) is 5.14. The van der Waals surface area contributed by atoms with E-state index in [4.69, 9.17) is 11.6 Å². The smallest absolute Gasteiger partial charge is 0.0292 e. The number of hydrogen-bond acceptors (Lipinski definition) is 0. The molecule has 0 spiro atoms. The van der Waals surface area contributed by atoms with Crippen molar-refractivity contribution in [3.05, 3.63) is 35.4 Å². The summed E-state index contributed by atoms with van der Waals surface area (Å²) in [6.45, 7) is 6.69. The van der Waals surface area contributed by atoms with Gasteiger partial charge in [0.1, 0.15) is 0 Å². The summed E-state index contributed by atoms with van der Waals surface area (Å²) in [5.41, 5.74) is 2.74. The summed E-state index contributed by atoms with van der Waals surface area (Å²) in [6, 6.07) is 8.76. The third-order valence-corrected chi connectivity index (χ3v) is 3.84. The molecule has 1 aromatic carbocycles. The van der Waals surface area contributed by atoms with Crippen LogP contribution in [0.1, 0.15) is 50.2 Å². The van der Waals surface area contributed by atoms with E-state index in [1.54, 1.807) is 0 Å². The maximum atomic E-state index is 6.11. The Bertz CT molecular complexity index is 302. The van der Waals surface area contributed by atoms with Crippen LogP contribution < -0.4 is 0 Å². The van der Waals surface area contributed by atoms with Crippen molar-refractivity contribution in [2.75, 3.05) is 5.88 Å². The first-order valence-corrected chi connectivity index (χ1v) is 6.87. The molecule has 0 amide bonds. The second-order valence-corrected chi connectivity index (χ2v) is 4.99. The first kappa shape index (κ1) is 13.6. The molecular weight excluding hydrogens is 216 g/mol. The molecule has 1 rings (SSSR count). The van der Waals surface area contributed by atoms with Gasteiger partial charge in [-0.3, -0.25) is 0 Å². The summed E-state index contributed by atoms with van der Waals surface area (Å²) >= 11 is 6.11. The number of benzene rings is 1. The van der Waals surface area contributed by atoms with E-state index in [9.17, 15) is 0 Å². The maximum Gasteiger partial charge on any atom is 0.0292 e. The van der Waals surface area contributed by atoms with Crippen molar-refractivity contribution >= 4 is 11.6 Å². The topological polar surface area (TPSA) is 0 Å². The highest BCUT2D eigenvalue weighted by molar-refractivity contribution is 6.18. The van der Waals surface area contributed by atoms with Crippen LogP contribution >= 0.6 is 11.6 Å². The number of aryl methyl sites for hydroxylation is 1. The minimum absolute atomic E-state index is 0.520. The van der Waals surface area contributed by atoms with E-state index in [1.807, 2.05) is 0 Å². The molecule has 0 saturated heterocycles. The fourth-order valence-electron chi connectivity index (χ4n) is 2.24. The summed E-state index contributed by atoms with van der Waals surface area (Å²) in [4.78, 5) is 0. The molecule has 0 aliphatic carbocycles. The van der Waals surface area contributed by atoms with Crippen LogP contribution in [0.4, 0.5) is 0 Å². The molecule has 0 fully saturated rings. The molecular formula is C15H23Cl. The highest BCUT2D eigenvalue weighted by atomic mass is 35.5. The number of halogens is 1. The van der Waals surface area contributed by atoms with Gasteiger partial charge in [0.15, 0.2) is 0 Å². The summed E-state index contributed by atoms with van der Waals surface area (Å²) < 4.78 is 0. The minimum atomic E-state index is 0.520. The zero-order valence-electron chi connectivity index (χ0n) is 10.7. The van der Waals surface area contributed by atoms with Crippen LogP contribution in [0.3, 0.4) is 0 Å². The quantitative estimate of drug-likeness (QED) is 0.602. The lowest BCUT2D eigenvalue weighted by molar-refractivity contribution is 0.424. The standard InChI is InChI=1S/C15H23Cl/c1-4-13(5-2)10-15(11-16)14-8-6-7-12(3)9-14/h6-9,13,15H,4-5,10-11H2,1-3H3. The molecule has 1 heteroatoms. The van der Waals surface area contributed by atoms with E-state index in [-0.39, 0.29) is 0 Å². The minimum Gasteiger partial charge on any atom is -0.126 e. The summed E-state index contributed by atoms with van der Waals surface area (Å²) in [5.74, 6) is 2.07. The van der Waals surface area contributed by atoms with E-state index in [0.29, 0.717) is 5.92 Å². The zero-order chi connectivity index (χ0) is 12.0. The van der Waals surface area contributed by atoms with Crippen LogP contribution in [0, 0.1) is 12.8 Å². The molecule has 0 aromatic heterocycles. The van der Waals surface area contributed by atoms with Crippen molar-refractivity contribution in [2.24, 2.45) is 5.92 Å². The van der Waals surface area contributed by atoms with Gasteiger partial charge in [-0.05, 0) is 30.7 Å². The Labute approximate surface area is 105 Å². The molecule has 1 unspecified atom stereocenters. The Morgan fingerprint density at radius 2 is 1.88 bits per heavy atom.